The van der Waals surface area contributed by atoms with Gasteiger partial charge in [-0.3, -0.25) is 9.59 Å². The molecule has 0 fully saturated rings. The molecule has 0 radical (unpaired) electrons. The van der Waals surface area contributed by atoms with Crippen LogP contribution in [-0.2, 0) is 20.9 Å². The van der Waals surface area contributed by atoms with E-state index in [1.807, 2.05) is 0 Å². The van der Waals surface area contributed by atoms with E-state index in [0.717, 1.165) is 0 Å². The van der Waals surface area contributed by atoms with Crippen LogP contribution in [0.4, 0.5) is 0 Å². The summed E-state index contributed by atoms with van der Waals surface area (Å²) < 4.78 is 25.9. The highest BCUT2D eigenvalue weighted by molar-refractivity contribution is 5.94. The third-order valence-corrected chi connectivity index (χ3v) is 4.56. The van der Waals surface area contributed by atoms with Gasteiger partial charge in [-0.1, -0.05) is 13.8 Å². The van der Waals surface area contributed by atoms with Crippen molar-refractivity contribution in [2.24, 2.45) is 5.92 Å². The maximum Gasteiger partial charge on any atom is 0.329 e. The first-order chi connectivity index (χ1) is 15.3. The van der Waals surface area contributed by atoms with E-state index < -0.39 is 30.4 Å². The van der Waals surface area contributed by atoms with Crippen LogP contribution < -0.4 is 24.8 Å². The van der Waals surface area contributed by atoms with Crippen molar-refractivity contribution in [2.75, 3.05) is 27.9 Å². The lowest BCUT2D eigenvalue weighted by molar-refractivity contribution is -0.151. The summed E-state index contributed by atoms with van der Waals surface area (Å²) in [5.74, 6) is -0.504. The van der Waals surface area contributed by atoms with Gasteiger partial charge in [0.05, 0.1) is 27.6 Å². The molecule has 0 aliphatic rings. The van der Waals surface area contributed by atoms with Gasteiger partial charge in [0.1, 0.15) is 11.8 Å². The van der Waals surface area contributed by atoms with E-state index in [1.54, 1.807) is 32.0 Å². The quantitative estimate of drug-likeness (QED) is 0.500. The smallest absolute Gasteiger partial charge is 0.329 e. The number of methoxy groups -OCH3 is 3. The summed E-state index contributed by atoms with van der Waals surface area (Å²) in [4.78, 5) is 36.8. The van der Waals surface area contributed by atoms with Crippen LogP contribution in [0, 0.1) is 5.92 Å². The molecule has 0 saturated carbocycles. The number of carbonyl (C=O) groups is 3. The molecule has 0 bridgehead atoms. The Morgan fingerprint density at radius 2 is 1.66 bits per heavy atom. The van der Waals surface area contributed by atoms with Gasteiger partial charge in [-0.25, -0.2) is 4.79 Å². The van der Waals surface area contributed by atoms with E-state index >= 15 is 0 Å². The highest BCUT2D eigenvalue weighted by atomic mass is 16.5. The minimum Gasteiger partial charge on any atom is -0.496 e. The molecule has 2 N–H and O–H groups in total. The SMILES string of the molecule is COc1cc(OC)c(OC)cc1CNC(=O)COC(=O)[C@@H](NC(=O)c1ccco1)C(C)C. The summed E-state index contributed by atoms with van der Waals surface area (Å²) in [6.45, 7) is 3.10. The second kappa shape index (κ2) is 11.6. The van der Waals surface area contributed by atoms with Gasteiger partial charge in [0.15, 0.2) is 23.9 Å². The normalized spacial score (nSPS) is 11.4. The summed E-state index contributed by atoms with van der Waals surface area (Å²) >= 11 is 0. The van der Waals surface area contributed by atoms with Gasteiger partial charge >= 0.3 is 5.97 Å². The van der Waals surface area contributed by atoms with Gasteiger partial charge in [-0.2, -0.15) is 0 Å². The number of hydrogen-bond acceptors (Lipinski definition) is 8. The molecule has 10 heteroatoms. The maximum atomic E-state index is 12.4. The highest BCUT2D eigenvalue weighted by Gasteiger charge is 2.27. The lowest BCUT2D eigenvalue weighted by Gasteiger charge is -2.20. The van der Waals surface area contributed by atoms with Crippen LogP contribution in [0.5, 0.6) is 17.2 Å². The molecule has 0 aliphatic carbocycles. The average molecular weight is 448 g/mol. The zero-order valence-electron chi connectivity index (χ0n) is 18.7. The third-order valence-electron chi connectivity index (χ3n) is 4.56. The first kappa shape index (κ1) is 24.6. The van der Waals surface area contributed by atoms with Crippen LogP contribution in [0.2, 0.25) is 0 Å². The van der Waals surface area contributed by atoms with Crippen molar-refractivity contribution in [3.8, 4) is 17.2 Å². The monoisotopic (exact) mass is 448 g/mol. The van der Waals surface area contributed by atoms with Gasteiger partial charge in [-0.05, 0) is 24.1 Å². The lowest BCUT2D eigenvalue weighted by Crippen LogP contribution is -2.46. The van der Waals surface area contributed by atoms with Gasteiger partial charge in [0, 0.05) is 18.2 Å². The summed E-state index contributed by atoms with van der Waals surface area (Å²) in [6.07, 6.45) is 1.36. The fourth-order valence-electron chi connectivity index (χ4n) is 2.82. The Morgan fingerprint density at radius 1 is 1.00 bits per heavy atom. The van der Waals surface area contributed by atoms with E-state index in [-0.39, 0.29) is 18.2 Å². The first-order valence-corrected chi connectivity index (χ1v) is 9.87. The molecule has 1 atom stereocenters. The minimum absolute atomic E-state index is 0.0741. The van der Waals surface area contributed by atoms with Crippen molar-refractivity contribution in [3.05, 3.63) is 41.9 Å². The summed E-state index contributed by atoms with van der Waals surface area (Å²) in [6, 6.07) is 5.44. The molecule has 1 aromatic carbocycles. The number of nitrogens with one attached hydrogen (secondary N) is 2. The molecular weight excluding hydrogens is 420 g/mol. The van der Waals surface area contributed by atoms with Gasteiger partial charge in [-0.15, -0.1) is 0 Å². The molecule has 0 unspecified atom stereocenters. The fraction of sp³-hybridized carbons (Fsp3) is 0.409. The van der Waals surface area contributed by atoms with Crippen LogP contribution in [-0.4, -0.2) is 51.8 Å². The molecule has 1 heterocycles. The fourth-order valence-corrected chi connectivity index (χ4v) is 2.82. The standard InChI is InChI=1S/C22H28N2O8/c1-13(2)20(24-21(26)15-7-6-8-31-15)22(27)32-12-19(25)23-11-14-9-17(29-4)18(30-5)10-16(14)28-3/h6-10,13,20H,11-12H2,1-5H3,(H,23,25)(H,24,26)/t20-/m0/s1. The van der Waals surface area contributed by atoms with Crippen molar-refractivity contribution in [1.29, 1.82) is 0 Å². The van der Waals surface area contributed by atoms with E-state index in [4.69, 9.17) is 23.4 Å². The van der Waals surface area contributed by atoms with Crippen molar-refractivity contribution in [2.45, 2.75) is 26.4 Å². The highest BCUT2D eigenvalue weighted by Crippen LogP contribution is 2.34. The molecule has 0 saturated heterocycles. The largest absolute Gasteiger partial charge is 0.496 e. The molecular formula is C22H28N2O8. The van der Waals surface area contributed by atoms with Crippen LogP contribution in [0.25, 0.3) is 0 Å². The van der Waals surface area contributed by atoms with Gasteiger partial charge in [0.25, 0.3) is 11.8 Å². The number of furan rings is 1. The number of hydrogen-bond donors (Lipinski definition) is 2. The number of esters is 1. The summed E-state index contributed by atoms with van der Waals surface area (Å²) in [5.41, 5.74) is 0.649. The molecule has 174 valence electrons. The lowest BCUT2D eigenvalue weighted by atomic mass is 10.0. The van der Waals surface area contributed by atoms with Crippen molar-refractivity contribution >= 4 is 17.8 Å². The van der Waals surface area contributed by atoms with E-state index in [1.165, 1.54) is 33.7 Å². The Bertz CT molecular complexity index is 924. The van der Waals surface area contributed by atoms with Gasteiger partial charge in [0.2, 0.25) is 0 Å². The molecule has 2 amide bonds. The molecule has 1 aromatic heterocycles. The molecule has 10 nitrogen and oxygen atoms in total. The molecule has 0 spiro atoms. The topological polar surface area (TPSA) is 125 Å². The zero-order valence-corrected chi connectivity index (χ0v) is 18.7. The predicted molar refractivity (Wildman–Crippen MR) is 114 cm³/mol. The Hall–Kier alpha value is -3.69. The second-order valence-electron chi connectivity index (χ2n) is 7.08. The van der Waals surface area contributed by atoms with Crippen molar-refractivity contribution in [3.63, 3.8) is 0 Å². The van der Waals surface area contributed by atoms with Crippen LogP contribution in [0.1, 0.15) is 30.0 Å². The molecule has 2 rings (SSSR count). The van der Waals surface area contributed by atoms with Crippen molar-refractivity contribution in [1.82, 2.24) is 10.6 Å². The maximum absolute atomic E-state index is 12.4. The molecule has 2 aromatic rings. The number of amides is 2. The number of benzene rings is 1. The number of rotatable bonds is 11. The molecule has 0 aliphatic heterocycles. The Morgan fingerprint density at radius 3 is 2.22 bits per heavy atom. The number of carbonyl (C=O) groups excluding carboxylic acids is 3. The number of ether oxygens (including phenoxy) is 4. The average Bonchev–Trinajstić information content (AvgIpc) is 3.33. The Kier molecular flexibility index (Phi) is 8.94. The first-order valence-electron chi connectivity index (χ1n) is 9.87. The second-order valence-corrected chi connectivity index (χ2v) is 7.08. The van der Waals surface area contributed by atoms with Gasteiger partial charge < -0.3 is 34.0 Å². The summed E-state index contributed by atoms with van der Waals surface area (Å²) in [5, 5.41) is 5.21. The van der Waals surface area contributed by atoms with Crippen molar-refractivity contribution < 1.29 is 37.7 Å². The molecule has 32 heavy (non-hydrogen) atoms. The van der Waals surface area contributed by atoms with Crippen LogP contribution in [0.15, 0.2) is 34.9 Å². The van der Waals surface area contributed by atoms with Crippen LogP contribution in [0.3, 0.4) is 0 Å². The van der Waals surface area contributed by atoms with E-state index in [0.29, 0.717) is 22.8 Å². The summed E-state index contributed by atoms with van der Waals surface area (Å²) in [7, 11) is 4.51. The van der Waals surface area contributed by atoms with Crippen LogP contribution >= 0.6 is 0 Å². The Labute approximate surface area is 186 Å². The Balaban J connectivity index is 1.92. The third kappa shape index (κ3) is 6.40. The zero-order chi connectivity index (χ0) is 23.7. The van der Waals surface area contributed by atoms with E-state index in [9.17, 15) is 14.4 Å². The van der Waals surface area contributed by atoms with E-state index in [2.05, 4.69) is 10.6 Å². The minimum atomic E-state index is -0.939. The predicted octanol–water partition coefficient (Wildman–Crippen LogP) is 1.92.